The zero-order chi connectivity index (χ0) is 21.7. The molecule has 0 saturated carbocycles. The summed E-state index contributed by atoms with van der Waals surface area (Å²) in [6.07, 6.45) is 0.829. The summed E-state index contributed by atoms with van der Waals surface area (Å²) in [7, 11) is 4.02. The van der Waals surface area contributed by atoms with Gasteiger partial charge in [0, 0.05) is 12.2 Å². The molecule has 0 radical (unpaired) electrons. The monoisotopic (exact) mass is 424 g/mol. The van der Waals surface area contributed by atoms with Crippen LogP contribution in [0.1, 0.15) is 17.5 Å². The number of fused-ring (bicyclic) bond motifs is 1. The van der Waals surface area contributed by atoms with Gasteiger partial charge >= 0.3 is 0 Å². The Balaban J connectivity index is 1.79. The number of amides is 1. The zero-order valence-electron chi connectivity index (χ0n) is 17.9. The second-order valence-electron chi connectivity index (χ2n) is 7.68. The number of hydrogen-bond acceptors (Lipinski definition) is 5. The fraction of sp³-hybridized carbons (Fsp3) is 0.348. The SMILES string of the molecule is Cc1ccc(NC(=O)CSc2nc3ccccc3c(=O)n2CCCN(C)C)c(C)c1. The number of thioether (sulfide) groups is 1. The van der Waals surface area contributed by atoms with E-state index in [2.05, 4.69) is 15.2 Å². The average Bonchev–Trinajstić information content (AvgIpc) is 2.70. The van der Waals surface area contributed by atoms with Crippen LogP contribution in [0.2, 0.25) is 0 Å². The number of aryl methyl sites for hydroxylation is 2. The predicted octanol–water partition coefficient (Wildman–Crippen LogP) is 3.70. The third-order valence-electron chi connectivity index (χ3n) is 4.80. The minimum absolute atomic E-state index is 0.0587. The first kappa shape index (κ1) is 22.1. The number of nitrogens with one attached hydrogen (secondary N) is 1. The molecule has 0 unspecified atom stereocenters. The summed E-state index contributed by atoms with van der Waals surface area (Å²) in [5, 5.41) is 4.14. The van der Waals surface area contributed by atoms with Gasteiger partial charge in [-0.25, -0.2) is 4.98 Å². The molecule has 6 nitrogen and oxygen atoms in total. The van der Waals surface area contributed by atoms with Gasteiger partial charge in [-0.1, -0.05) is 41.6 Å². The molecule has 0 atom stereocenters. The van der Waals surface area contributed by atoms with Crippen LogP contribution in [0.5, 0.6) is 0 Å². The molecule has 0 bridgehead atoms. The molecule has 0 saturated heterocycles. The molecule has 1 heterocycles. The van der Waals surface area contributed by atoms with Crippen LogP contribution in [0.4, 0.5) is 5.69 Å². The van der Waals surface area contributed by atoms with Gasteiger partial charge in [0.05, 0.1) is 16.7 Å². The second-order valence-corrected chi connectivity index (χ2v) is 8.62. The lowest BCUT2D eigenvalue weighted by molar-refractivity contribution is -0.113. The molecule has 0 aliphatic rings. The van der Waals surface area contributed by atoms with Crippen molar-refractivity contribution in [1.82, 2.24) is 14.5 Å². The van der Waals surface area contributed by atoms with E-state index >= 15 is 0 Å². The summed E-state index contributed by atoms with van der Waals surface area (Å²) >= 11 is 1.30. The van der Waals surface area contributed by atoms with Crippen LogP contribution in [0.3, 0.4) is 0 Å². The first-order valence-electron chi connectivity index (χ1n) is 9.99. The van der Waals surface area contributed by atoms with Crippen LogP contribution < -0.4 is 10.9 Å². The summed E-state index contributed by atoms with van der Waals surface area (Å²) in [4.78, 5) is 32.3. The van der Waals surface area contributed by atoms with Crippen molar-refractivity contribution in [3.8, 4) is 0 Å². The van der Waals surface area contributed by atoms with E-state index in [0.717, 1.165) is 29.8 Å². The summed E-state index contributed by atoms with van der Waals surface area (Å²) in [5.74, 6) is 0.0698. The van der Waals surface area contributed by atoms with Crippen molar-refractivity contribution < 1.29 is 4.79 Å². The van der Waals surface area contributed by atoms with E-state index in [4.69, 9.17) is 0 Å². The summed E-state index contributed by atoms with van der Waals surface area (Å²) in [5.41, 5.74) is 3.58. The Morgan fingerprint density at radius 2 is 1.93 bits per heavy atom. The number of para-hydroxylation sites is 1. The van der Waals surface area contributed by atoms with Crippen molar-refractivity contribution in [2.45, 2.75) is 32.0 Å². The lowest BCUT2D eigenvalue weighted by Crippen LogP contribution is -2.26. The Labute approximate surface area is 181 Å². The van der Waals surface area contributed by atoms with Crippen LogP contribution in [0.15, 0.2) is 52.4 Å². The van der Waals surface area contributed by atoms with Crippen molar-refractivity contribution in [3.63, 3.8) is 0 Å². The maximum Gasteiger partial charge on any atom is 0.262 e. The minimum atomic E-state index is -0.116. The average molecular weight is 425 g/mol. The molecule has 0 fully saturated rings. The fourth-order valence-electron chi connectivity index (χ4n) is 3.27. The third kappa shape index (κ3) is 5.49. The van der Waals surface area contributed by atoms with Crippen molar-refractivity contribution >= 4 is 34.3 Å². The van der Waals surface area contributed by atoms with Gasteiger partial charge in [0.25, 0.3) is 5.56 Å². The van der Waals surface area contributed by atoms with Crippen molar-refractivity contribution in [3.05, 3.63) is 63.9 Å². The number of carbonyl (C=O) groups excluding carboxylic acids is 1. The van der Waals surface area contributed by atoms with E-state index in [0.29, 0.717) is 22.6 Å². The number of aromatic nitrogens is 2. The number of anilines is 1. The standard InChI is InChI=1S/C23H28N4O2S/c1-16-10-11-19(17(2)14-16)24-21(28)15-30-23-25-20-9-6-5-8-18(20)22(29)27(23)13-7-12-26(3)4/h5-6,8-11,14H,7,12-13,15H2,1-4H3,(H,24,28). The molecule has 2 aromatic carbocycles. The summed E-state index contributed by atoms with van der Waals surface area (Å²) < 4.78 is 1.70. The molecular weight excluding hydrogens is 396 g/mol. The number of hydrogen-bond donors (Lipinski definition) is 1. The van der Waals surface area contributed by atoms with Crippen molar-refractivity contribution in [1.29, 1.82) is 0 Å². The van der Waals surface area contributed by atoms with Crippen LogP contribution in [-0.4, -0.2) is 46.8 Å². The fourth-order valence-corrected chi connectivity index (χ4v) is 4.10. The Morgan fingerprint density at radius 1 is 1.17 bits per heavy atom. The van der Waals surface area contributed by atoms with E-state index < -0.39 is 0 Å². The van der Waals surface area contributed by atoms with E-state index in [9.17, 15) is 9.59 Å². The van der Waals surface area contributed by atoms with Gasteiger partial charge in [-0.2, -0.15) is 0 Å². The first-order chi connectivity index (χ1) is 14.3. The number of carbonyl (C=O) groups is 1. The maximum atomic E-state index is 13.0. The Morgan fingerprint density at radius 3 is 2.67 bits per heavy atom. The lowest BCUT2D eigenvalue weighted by atomic mass is 10.1. The van der Waals surface area contributed by atoms with Crippen molar-refractivity contribution in [2.24, 2.45) is 0 Å². The van der Waals surface area contributed by atoms with Crippen molar-refractivity contribution in [2.75, 3.05) is 31.7 Å². The zero-order valence-corrected chi connectivity index (χ0v) is 18.8. The van der Waals surface area contributed by atoms with E-state index in [1.807, 2.05) is 64.3 Å². The molecule has 1 N–H and O–H groups in total. The Bertz CT molecular complexity index is 1110. The van der Waals surface area contributed by atoms with E-state index in [1.165, 1.54) is 11.8 Å². The molecule has 158 valence electrons. The second kappa shape index (κ2) is 9.91. The molecule has 3 rings (SSSR count). The number of benzene rings is 2. The van der Waals surface area contributed by atoms with E-state index in [1.54, 1.807) is 10.6 Å². The van der Waals surface area contributed by atoms with Crippen LogP contribution in [0, 0.1) is 13.8 Å². The van der Waals surface area contributed by atoms with E-state index in [-0.39, 0.29) is 17.2 Å². The maximum absolute atomic E-state index is 13.0. The van der Waals surface area contributed by atoms with Crippen LogP contribution >= 0.6 is 11.8 Å². The lowest BCUT2D eigenvalue weighted by Gasteiger charge is -2.15. The number of rotatable bonds is 8. The molecule has 30 heavy (non-hydrogen) atoms. The van der Waals surface area contributed by atoms with Gasteiger partial charge in [-0.05, 0) is 64.7 Å². The highest BCUT2D eigenvalue weighted by molar-refractivity contribution is 7.99. The molecule has 1 aromatic heterocycles. The van der Waals surface area contributed by atoms with Gasteiger partial charge in [0.2, 0.25) is 5.91 Å². The first-order valence-corrected chi connectivity index (χ1v) is 11.0. The molecule has 0 aliphatic heterocycles. The quantitative estimate of drug-likeness (QED) is 0.441. The predicted molar refractivity (Wildman–Crippen MR) is 124 cm³/mol. The molecule has 0 spiro atoms. The van der Waals surface area contributed by atoms with Gasteiger partial charge in [-0.3, -0.25) is 14.2 Å². The molecule has 1 amide bonds. The van der Waals surface area contributed by atoms with Crippen LogP contribution in [-0.2, 0) is 11.3 Å². The smallest absolute Gasteiger partial charge is 0.262 e. The summed E-state index contributed by atoms with van der Waals surface area (Å²) in [6.45, 7) is 5.44. The highest BCUT2D eigenvalue weighted by Crippen LogP contribution is 2.20. The van der Waals surface area contributed by atoms with Gasteiger partial charge in [0.1, 0.15) is 0 Å². The van der Waals surface area contributed by atoms with Gasteiger partial charge < -0.3 is 10.2 Å². The molecule has 7 heteroatoms. The number of nitrogens with zero attached hydrogens (tertiary/aromatic N) is 3. The van der Waals surface area contributed by atoms with Gasteiger partial charge in [-0.15, -0.1) is 0 Å². The molecular formula is C23H28N4O2S. The third-order valence-corrected chi connectivity index (χ3v) is 5.78. The highest BCUT2D eigenvalue weighted by atomic mass is 32.2. The topological polar surface area (TPSA) is 67.2 Å². The highest BCUT2D eigenvalue weighted by Gasteiger charge is 2.14. The molecule has 0 aliphatic carbocycles. The molecule has 3 aromatic rings. The largest absolute Gasteiger partial charge is 0.325 e. The summed E-state index contributed by atoms with van der Waals surface area (Å²) in [6, 6.07) is 13.3. The Kier molecular flexibility index (Phi) is 7.29. The van der Waals surface area contributed by atoms with Crippen LogP contribution in [0.25, 0.3) is 10.9 Å². The minimum Gasteiger partial charge on any atom is -0.325 e. The normalized spacial score (nSPS) is 11.2. The van der Waals surface area contributed by atoms with Gasteiger partial charge in [0.15, 0.2) is 5.16 Å². The Hall–Kier alpha value is -2.64.